The first-order valence-electron chi connectivity index (χ1n) is 19.3. The lowest BCUT2D eigenvalue weighted by molar-refractivity contribution is -0.193. The Kier molecular flexibility index (Phi) is 16.5. The first-order chi connectivity index (χ1) is 25.7. The van der Waals surface area contributed by atoms with Gasteiger partial charge < -0.3 is 30.3 Å². The number of ketones is 2. The molecule has 300 valence electrons. The second-order valence-corrected chi connectivity index (χ2v) is 16.7. The van der Waals surface area contributed by atoms with Crippen LogP contribution in [0.2, 0.25) is 0 Å². The normalized spacial score (nSPS) is 30.5. The highest BCUT2D eigenvalue weighted by atomic mass is 16.5. The van der Waals surface area contributed by atoms with Crippen LogP contribution in [-0.2, 0) is 14.3 Å². The molecule has 55 heavy (non-hydrogen) atoms. The number of allylic oxidation sites excluding steroid dienone is 20. The predicted molar refractivity (Wildman–Crippen MR) is 221 cm³/mol. The van der Waals surface area contributed by atoms with Gasteiger partial charge in [-0.25, -0.2) is 0 Å². The summed E-state index contributed by atoms with van der Waals surface area (Å²) in [7, 11) is 0. The van der Waals surface area contributed by atoms with E-state index in [0.29, 0.717) is 24.0 Å². The Bertz CT molecular complexity index is 1760. The SMILES string of the molecule is CC1=C(/C=C/C(C)=C/C=C/C(C)=C/C=C/C=C(C)/C=C/C=C(C)/C=C/C2=C(C)C(=O)C(O[C@@H]3CC(CO)[C@@H](O)C(O)[C@@H]3O)CC2(C)C)C(C)(C)CC(O)C1=O. The fourth-order valence-corrected chi connectivity index (χ4v) is 7.51. The molecule has 0 spiro atoms. The van der Waals surface area contributed by atoms with E-state index in [1.165, 1.54) is 0 Å². The molecular formula is C47H64O8. The highest BCUT2D eigenvalue weighted by Crippen LogP contribution is 2.42. The van der Waals surface area contributed by atoms with Gasteiger partial charge in [-0.15, -0.1) is 0 Å². The van der Waals surface area contributed by atoms with Gasteiger partial charge in [0.15, 0.2) is 11.6 Å². The Balaban J connectivity index is 1.56. The van der Waals surface area contributed by atoms with Gasteiger partial charge in [-0.3, -0.25) is 9.59 Å². The summed E-state index contributed by atoms with van der Waals surface area (Å²) in [5.41, 5.74) is 6.69. The standard InChI is InChI=1S/C47H64O8/c1-29(17-13-19-31(3)21-23-36-33(5)41(50)38(49)26-46(36,7)8)15-11-12-16-30(2)18-14-20-32(4)22-24-37-34(6)42(51)40(27-47(37,9)10)55-39-25-35(28-48)43(52)45(54)44(39)53/h11-24,35,38-40,43-45,48-49,52-54H,25-28H2,1-10H3/b12-11+,17-13+,18-14+,23-21+,24-22+,29-15+,30-16+,31-19+,32-20+/t35?,38?,39-,40?,43-,44-,45?/m1/s1. The van der Waals surface area contributed by atoms with Crippen molar-refractivity contribution in [2.24, 2.45) is 16.7 Å². The second kappa shape index (κ2) is 19.9. The summed E-state index contributed by atoms with van der Waals surface area (Å²) in [4.78, 5) is 25.7. The van der Waals surface area contributed by atoms with Gasteiger partial charge in [0.25, 0.3) is 0 Å². The van der Waals surface area contributed by atoms with Gasteiger partial charge in [-0.05, 0) is 93.9 Å². The molecule has 0 saturated heterocycles. The van der Waals surface area contributed by atoms with E-state index in [0.717, 1.165) is 33.4 Å². The van der Waals surface area contributed by atoms with Gasteiger partial charge in [-0.2, -0.15) is 0 Å². The summed E-state index contributed by atoms with van der Waals surface area (Å²) in [5, 5.41) is 50.6. The molecule has 0 heterocycles. The fourth-order valence-electron chi connectivity index (χ4n) is 7.51. The van der Waals surface area contributed by atoms with E-state index >= 15 is 0 Å². The summed E-state index contributed by atoms with van der Waals surface area (Å²) in [6, 6.07) is 0. The number of Topliss-reactive ketones (excluding diaryl/α,β-unsaturated/α-hetero) is 2. The number of rotatable bonds is 13. The van der Waals surface area contributed by atoms with Crippen molar-refractivity contribution in [2.45, 2.75) is 125 Å². The van der Waals surface area contributed by atoms with Crippen molar-refractivity contribution in [2.75, 3.05) is 6.61 Å². The molecule has 4 unspecified atom stereocenters. The zero-order chi connectivity index (χ0) is 41.2. The summed E-state index contributed by atoms with van der Waals surface area (Å²) in [5.74, 6) is -1.00. The molecule has 0 bridgehead atoms. The van der Waals surface area contributed by atoms with Crippen LogP contribution < -0.4 is 0 Å². The van der Waals surface area contributed by atoms with Gasteiger partial charge in [0.05, 0.1) is 12.2 Å². The van der Waals surface area contributed by atoms with Gasteiger partial charge in [-0.1, -0.05) is 135 Å². The number of aliphatic hydroxyl groups is 5. The van der Waals surface area contributed by atoms with Crippen molar-refractivity contribution in [1.82, 2.24) is 0 Å². The first kappa shape index (κ1) is 45.6. The Hall–Kier alpha value is -3.76. The van der Waals surface area contributed by atoms with E-state index in [2.05, 4.69) is 13.8 Å². The lowest BCUT2D eigenvalue weighted by Gasteiger charge is -2.43. The third-order valence-electron chi connectivity index (χ3n) is 11.0. The monoisotopic (exact) mass is 756 g/mol. The molecular weight excluding hydrogens is 693 g/mol. The number of ether oxygens (including phenoxy) is 1. The van der Waals surface area contributed by atoms with Crippen molar-refractivity contribution < 1.29 is 39.9 Å². The van der Waals surface area contributed by atoms with E-state index in [4.69, 9.17) is 4.74 Å². The average molecular weight is 757 g/mol. The summed E-state index contributed by atoms with van der Waals surface area (Å²) in [6.45, 7) is 19.5. The van der Waals surface area contributed by atoms with Crippen LogP contribution in [0, 0.1) is 16.7 Å². The third kappa shape index (κ3) is 12.4. The molecule has 1 fully saturated rings. The van der Waals surface area contributed by atoms with Crippen LogP contribution in [0.25, 0.3) is 0 Å². The van der Waals surface area contributed by atoms with Gasteiger partial charge in [0, 0.05) is 12.5 Å². The number of hydrogen-bond donors (Lipinski definition) is 5. The van der Waals surface area contributed by atoms with Gasteiger partial charge in [0.1, 0.15) is 24.4 Å². The molecule has 3 rings (SSSR count). The summed E-state index contributed by atoms with van der Waals surface area (Å²) in [6.07, 6.45) is 22.4. The molecule has 5 N–H and O–H groups in total. The van der Waals surface area contributed by atoms with Crippen LogP contribution in [0.1, 0.15) is 88.5 Å². The Labute approximate surface area is 328 Å². The minimum absolute atomic E-state index is 0.142. The molecule has 0 aliphatic heterocycles. The molecule has 0 amide bonds. The first-order valence-corrected chi connectivity index (χ1v) is 19.3. The molecule has 0 aromatic rings. The maximum Gasteiger partial charge on any atom is 0.187 e. The van der Waals surface area contributed by atoms with E-state index in [-0.39, 0.29) is 30.0 Å². The quantitative estimate of drug-likeness (QED) is 0.122. The van der Waals surface area contributed by atoms with Crippen LogP contribution in [0.3, 0.4) is 0 Å². The van der Waals surface area contributed by atoms with Crippen molar-refractivity contribution in [3.63, 3.8) is 0 Å². The number of carbonyl (C=O) groups is 2. The van der Waals surface area contributed by atoms with Crippen molar-refractivity contribution >= 4 is 11.6 Å². The predicted octanol–water partition coefficient (Wildman–Crippen LogP) is 7.39. The molecule has 3 aliphatic carbocycles. The number of aliphatic hydroxyl groups excluding tert-OH is 5. The molecule has 7 atom stereocenters. The van der Waals surface area contributed by atoms with Gasteiger partial charge >= 0.3 is 0 Å². The van der Waals surface area contributed by atoms with Crippen molar-refractivity contribution in [1.29, 1.82) is 0 Å². The summed E-state index contributed by atoms with van der Waals surface area (Å²) < 4.78 is 6.07. The minimum Gasteiger partial charge on any atom is -0.396 e. The Morgan fingerprint density at radius 1 is 0.636 bits per heavy atom. The molecule has 1 saturated carbocycles. The zero-order valence-electron chi connectivity index (χ0n) is 34.4. The fraction of sp³-hybridized carbons (Fsp3) is 0.489. The molecule has 0 radical (unpaired) electrons. The van der Waals surface area contributed by atoms with Crippen molar-refractivity contribution in [3.05, 3.63) is 130 Å². The molecule has 0 aromatic heterocycles. The Morgan fingerprint density at radius 2 is 1.07 bits per heavy atom. The highest BCUT2D eigenvalue weighted by molar-refractivity contribution is 6.01. The van der Waals surface area contributed by atoms with E-state index in [1.54, 1.807) is 13.8 Å². The van der Waals surface area contributed by atoms with Crippen molar-refractivity contribution in [3.8, 4) is 0 Å². The highest BCUT2D eigenvalue weighted by Gasteiger charge is 2.46. The third-order valence-corrected chi connectivity index (χ3v) is 11.0. The van der Waals surface area contributed by atoms with E-state index in [9.17, 15) is 35.1 Å². The molecule has 3 aliphatic rings. The van der Waals surface area contributed by atoms with Crippen LogP contribution >= 0.6 is 0 Å². The summed E-state index contributed by atoms with van der Waals surface area (Å²) >= 11 is 0. The lowest BCUT2D eigenvalue weighted by atomic mass is 9.70. The van der Waals surface area contributed by atoms with Crippen LogP contribution in [0.5, 0.6) is 0 Å². The van der Waals surface area contributed by atoms with Crippen LogP contribution in [0.15, 0.2) is 130 Å². The van der Waals surface area contributed by atoms with E-state index in [1.807, 2.05) is 127 Å². The van der Waals surface area contributed by atoms with Crippen LogP contribution in [0.4, 0.5) is 0 Å². The lowest BCUT2D eigenvalue weighted by Crippen LogP contribution is -2.56. The van der Waals surface area contributed by atoms with Crippen LogP contribution in [-0.4, -0.2) is 80.3 Å². The second-order valence-electron chi connectivity index (χ2n) is 16.7. The molecule has 0 aromatic carbocycles. The topological polar surface area (TPSA) is 145 Å². The largest absolute Gasteiger partial charge is 0.396 e. The van der Waals surface area contributed by atoms with Gasteiger partial charge in [0.2, 0.25) is 0 Å². The minimum atomic E-state index is -1.46. The smallest absolute Gasteiger partial charge is 0.187 e. The van der Waals surface area contributed by atoms with E-state index < -0.39 is 48.0 Å². The maximum atomic E-state index is 13.4. The molecule has 8 heteroatoms. The number of hydrogen-bond acceptors (Lipinski definition) is 8. The molecule has 8 nitrogen and oxygen atoms in total. The Morgan fingerprint density at radius 3 is 1.56 bits per heavy atom. The average Bonchev–Trinajstić information content (AvgIpc) is 3.10. The zero-order valence-corrected chi connectivity index (χ0v) is 34.4. The maximum absolute atomic E-state index is 13.4. The number of carbonyl (C=O) groups excluding carboxylic acids is 2.